The number of amides is 2. The number of rotatable bonds is 4. The summed E-state index contributed by atoms with van der Waals surface area (Å²) in [6.45, 7) is 1.01. The van der Waals surface area contributed by atoms with Crippen molar-refractivity contribution >= 4 is 27.7 Å². The molecule has 4 N–H and O–H groups in total. The van der Waals surface area contributed by atoms with Gasteiger partial charge in [-0.2, -0.15) is 0 Å². The van der Waals surface area contributed by atoms with Crippen LogP contribution in [0.1, 0.15) is 15.9 Å². The molecule has 1 aromatic carbocycles. The first kappa shape index (κ1) is 14.6. The van der Waals surface area contributed by atoms with Crippen molar-refractivity contribution < 1.29 is 19.1 Å². The zero-order valence-corrected chi connectivity index (χ0v) is 11.1. The standard InChI is InChI=1S/C11H12BrFN2O3/c1-5-7(2-6(13)3-8(5)12)11(18)15-9(4-16)10(14)17/h2-3,9,16H,4H2,1H3,(H2,14,17)(H,15,18)/t9-/m0/s1. The van der Waals surface area contributed by atoms with Crippen molar-refractivity contribution in [1.82, 2.24) is 5.32 Å². The van der Waals surface area contributed by atoms with Crippen LogP contribution in [0, 0.1) is 12.7 Å². The minimum absolute atomic E-state index is 0.0709. The third-order valence-corrected chi connectivity index (χ3v) is 3.21. The van der Waals surface area contributed by atoms with Gasteiger partial charge in [0.25, 0.3) is 5.91 Å². The Hall–Kier alpha value is -1.47. The molecule has 0 aliphatic rings. The number of carbonyl (C=O) groups is 2. The van der Waals surface area contributed by atoms with E-state index in [-0.39, 0.29) is 5.56 Å². The summed E-state index contributed by atoms with van der Waals surface area (Å²) in [6, 6.07) is 1.08. The van der Waals surface area contributed by atoms with E-state index in [0.717, 1.165) is 6.07 Å². The minimum Gasteiger partial charge on any atom is -0.394 e. The van der Waals surface area contributed by atoms with Crippen molar-refractivity contribution in [1.29, 1.82) is 0 Å². The number of hydrogen-bond donors (Lipinski definition) is 3. The average Bonchev–Trinajstić information content (AvgIpc) is 2.29. The topological polar surface area (TPSA) is 92.4 Å². The van der Waals surface area contributed by atoms with E-state index in [4.69, 9.17) is 10.8 Å². The highest BCUT2D eigenvalue weighted by molar-refractivity contribution is 9.10. The van der Waals surface area contributed by atoms with Crippen LogP contribution in [-0.2, 0) is 4.79 Å². The molecule has 0 aromatic heterocycles. The maximum absolute atomic E-state index is 13.2. The van der Waals surface area contributed by atoms with Crippen molar-refractivity contribution in [2.45, 2.75) is 13.0 Å². The predicted molar refractivity (Wildman–Crippen MR) is 66.4 cm³/mol. The van der Waals surface area contributed by atoms with Crippen LogP contribution in [0.3, 0.4) is 0 Å². The van der Waals surface area contributed by atoms with Crippen LogP contribution >= 0.6 is 15.9 Å². The lowest BCUT2D eigenvalue weighted by atomic mass is 10.1. The molecule has 5 nitrogen and oxygen atoms in total. The van der Waals surface area contributed by atoms with Gasteiger partial charge in [0, 0.05) is 10.0 Å². The fraction of sp³-hybridized carbons (Fsp3) is 0.273. The molecule has 0 radical (unpaired) electrons. The Bertz CT molecular complexity index is 493. The van der Waals surface area contributed by atoms with Gasteiger partial charge in [0.15, 0.2) is 0 Å². The van der Waals surface area contributed by atoms with Gasteiger partial charge in [-0.1, -0.05) is 15.9 Å². The summed E-state index contributed by atoms with van der Waals surface area (Å²) in [4.78, 5) is 22.7. The van der Waals surface area contributed by atoms with Gasteiger partial charge in [0.05, 0.1) is 6.61 Å². The van der Waals surface area contributed by atoms with Crippen LogP contribution in [0.5, 0.6) is 0 Å². The summed E-state index contributed by atoms with van der Waals surface area (Å²) in [7, 11) is 0. The summed E-state index contributed by atoms with van der Waals surface area (Å²) in [5.74, 6) is -2.12. The number of benzene rings is 1. The van der Waals surface area contributed by atoms with E-state index in [1.54, 1.807) is 6.92 Å². The third-order valence-electron chi connectivity index (χ3n) is 2.39. The number of aliphatic hydroxyl groups is 1. The molecule has 1 aromatic rings. The molecule has 0 aliphatic heterocycles. The molecule has 0 saturated heterocycles. The monoisotopic (exact) mass is 318 g/mol. The minimum atomic E-state index is -1.20. The Morgan fingerprint density at radius 2 is 2.17 bits per heavy atom. The number of nitrogens with one attached hydrogen (secondary N) is 1. The van der Waals surface area contributed by atoms with Crippen molar-refractivity contribution in [2.24, 2.45) is 5.73 Å². The maximum atomic E-state index is 13.2. The van der Waals surface area contributed by atoms with E-state index in [0.29, 0.717) is 10.0 Å². The number of aliphatic hydroxyl groups excluding tert-OH is 1. The Labute approximate surface area is 111 Å². The summed E-state index contributed by atoms with van der Waals surface area (Å²) in [5.41, 5.74) is 5.57. The smallest absolute Gasteiger partial charge is 0.252 e. The highest BCUT2D eigenvalue weighted by Gasteiger charge is 2.20. The number of carbonyl (C=O) groups excluding carboxylic acids is 2. The summed E-state index contributed by atoms with van der Waals surface area (Å²) >= 11 is 3.12. The van der Waals surface area contributed by atoms with E-state index in [1.807, 2.05) is 0 Å². The Morgan fingerprint density at radius 1 is 1.56 bits per heavy atom. The van der Waals surface area contributed by atoms with Crippen LogP contribution in [0.25, 0.3) is 0 Å². The molecule has 98 valence electrons. The Kier molecular flexibility index (Phi) is 4.80. The highest BCUT2D eigenvalue weighted by atomic mass is 79.9. The maximum Gasteiger partial charge on any atom is 0.252 e. The van der Waals surface area contributed by atoms with Crippen LogP contribution in [0.15, 0.2) is 16.6 Å². The second kappa shape index (κ2) is 5.92. The molecule has 0 unspecified atom stereocenters. The first-order chi connectivity index (χ1) is 8.36. The van der Waals surface area contributed by atoms with E-state index in [9.17, 15) is 14.0 Å². The molecule has 1 atom stereocenters. The summed E-state index contributed by atoms with van der Waals surface area (Å²) in [6.07, 6.45) is 0. The normalized spacial score (nSPS) is 12.0. The van der Waals surface area contributed by atoms with Gasteiger partial charge in [-0.15, -0.1) is 0 Å². The molecule has 18 heavy (non-hydrogen) atoms. The molecule has 0 fully saturated rings. The highest BCUT2D eigenvalue weighted by Crippen LogP contribution is 2.21. The average molecular weight is 319 g/mol. The van der Waals surface area contributed by atoms with Crippen molar-refractivity contribution in [2.75, 3.05) is 6.61 Å². The number of hydrogen-bond acceptors (Lipinski definition) is 3. The van der Waals surface area contributed by atoms with Gasteiger partial charge < -0.3 is 16.2 Å². The number of halogens is 2. The lowest BCUT2D eigenvalue weighted by Crippen LogP contribution is -2.47. The van der Waals surface area contributed by atoms with Crippen LogP contribution in [0.2, 0.25) is 0 Å². The molecule has 0 spiro atoms. The fourth-order valence-corrected chi connectivity index (χ4v) is 1.76. The zero-order chi connectivity index (χ0) is 13.9. The second-order valence-corrected chi connectivity index (χ2v) is 4.53. The number of primary amides is 1. The zero-order valence-electron chi connectivity index (χ0n) is 9.54. The lowest BCUT2D eigenvalue weighted by Gasteiger charge is -2.14. The van der Waals surface area contributed by atoms with Gasteiger partial charge in [-0.3, -0.25) is 9.59 Å². The van der Waals surface area contributed by atoms with E-state index < -0.39 is 30.3 Å². The van der Waals surface area contributed by atoms with E-state index in [1.165, 1.54) is 6.07 Å². The third kappa shape index (κ3) is 3.27. The van der Waals surface area contributed by atoms with Crippen molar-refractivity contribution in [3.8, 4) is 0 Å². The van der Waals surface area contributed by atoms with Gasteiger partial charge in [-0.05, 0) is 24.6 Å². The van der Waals surface area contributed by atoms with Gasteiger partial charge in [-0.25, -0.2) is 4.39 Å². The molecule has 0 bridgehead atoms. The second-order valence-electron chi connectivity index (χ2n) is 3.67. The van der Waals surface area contributed by atoms with E-state index >= 15 is 0 Å². The molecule has 0 aliphatic carbocycles. The fourth-order valence-electron chi connectivity index (χ4n) is 1.32. The van der Waals surface area contributed by atoms with Gasteiger partial charge in [0.1, 0.15) is 11.9 Å². The molecule has 7 heteroatoms. The quantitative estimate of drug-likeness (QED) is 0.753. The molecular formula is C11H12BrFN2O3. The molecule has 0 heterocycles. The first-order valence-electron chi connectivity index (χ1n) is 5.03. The summed E-state index contributed by atoms with van der Waals surface area (Å²) < 4.78 is 13.6. The molecule has 1 rings (SSSR count). The molecule has 2 amide bonds. The van der Waals surface area contributed by atoms with Crippen LogP contribution in [-0.4, -0.2) is 29.6 Å². The SMILES string of the molecule is Cc1c(Br)cc(F)cc1C(=O)N[C@@H](CO)C(N)=O. The van der Waals surface area contributed by atoms with Crippen molar-refractivity contribution in [3.63, 3.8) is 0 Å². The predicted octanol–water partition coefficient (Wildman–Crippen LogP) is 0.473. The van der Waals surface area contributed by atoms with Crippen molar-refractivity contribution in [3.05, 3.63) is 33.5 Å². The molecule has 0 saturated carbocycles. The Morgan fingerprint density at radius 3 is 2.67 bits per heavy atom. The van der Waals surface area contributed by atoms with E-state index in [2.05, 4.69) is 21.2 Å². The lowest BCUT2D eigenvalue weighted by molar-refractivity contribution is -0.120. The van der Waals surface area contributed by atoms with Crippen LogP contribution < -0.4 is 11.1 Å². The van der Waals surface area contributed by atoms with Crippen LogP contribution in [0.4, 0.5) is 4.39 Å². The largest absolute Gasteiger partial charge is 0.394 e. The van der Waals surface area contributed by atoms with Gasteiger partial charge >= 0.3 is 0 Å². The summed E-state index contributed by atoms with van der Waals surface area (Å²) in [5, 5.41) is 11.1. The molecular weight excluding hydrogens is 307 g/mol. The first-order valence-corrected chi connectivity index (χ1v) is 5.82. The number of nitrogens with two attached hydrogens (primary N) is 1. The van der Waals surface area contributed by atoms with Gasteiger partial charge in [0.2, 0.25) is 5.91 Å². The Balaban J connectivity index is 3.01.